The molecule has 0 bridgehead atoms. The van der Waals surface area contributed by atoms with Crippen LogP contribution >= 0.6 is 0 Å². The maximum atomic E-state index is 12.0. The molecule has 1 N–H and O–H groups in total. The number of carbonyl (C=O) groups is 2. The molecule has 1 saturated heterocycles. The first-order valence-electron chi connectivity index (χ1n) is 7.04. The molecule has 0 aliphatic carbocycles. The Balaban J connectivity index is 1.67. The average molecular weight is 309 g/mol. The third-order valence-electron chi connectivity index (χ3n) is 3.20. The predicted octanol–water partition coefficient (Wildman–Crippen LogP) is 0.394. The third-order valence-corrected chi connectivity index (χ3v) is 3.20. The van der Waals surface area contributed by atoms with Gasteiger partial charge in [-0.25, -0.2) is 4.79 Å². The first-order chi connectivity index (χ1) is 10.7. The highest BCUT2D eigenvalue weighted by atomic mass is 16.5. The maximum Gasteiger partial charge on any atom is 0.328 e. The van der Waals surface area contributed by atoms with Crippen LogP contribution in [0.1, 0.15) is 0 Å². The number of ether oxygens (including phenoxy) is 3. The van der Waals surface area contributed by atoms with E-state index in [1.165, 1.54) is 4.90 Å². The second-order valence-corrected chi connectivity index (χ2v) is 4.73. The second kappa shape index (κ2) is 8.35. The van der Waals surface area contributed by atoms with E-state index in [9.17, 15) is 9.59 Å². The Morgan fingerprint density at radius 1 is 1.27 bits per heavy atom. The van der Waals surface area contributed by atoms with E-state index in [0.717, 1.165) is 5.75 Å². The van der Waals surface area contributed by atoms with E-state index in [1.54, 1.807) is 0 Å². The normalized spacial score (nSPS) is 18.0. The lowest BCUT2D eigenvalue weighted by Gasteiger charge is -2.32. The fourth-order valence-electron chi connectivity index (χ4n) is 2.08. The van der Waals surface area contributed by atoms with Crippen molar-refractivity contribution in [1.82, 2.24) is 4.90 Å². The fraction of sp³-hybridized carbons (Fsp3) is 0.467. The van der Waals surface area contributed by atoms with Crippen molar-refractivity contribution in [1.29, 1.82) is 0 Å². The van der Waals surface area contributed by atoms with Crippen LogP contribution in [-0.4, -0.2) is 67.5 Å². The highest BCUT2D eigenvalue weighted by molar-refractivity contribution is 5.84. The molecule has 0 spiro atoms. The van der Waals surface area contributed by atoms with Gasteiger partial charge in [-0.3, -0.25) is 4.79 Å². The molecule has 1 amide bonds. The third kappa shape index (κ3) is 4.71. The summed E-state index contributed by atoms with van der Waals surface area (Å²) in [7, 11) is 0. The van der Waals surface area contributed by atoms with Crippen molar-refractivity contribution < 1.29 is 28.9 Å². The van der Waals surface area contributed by atoms with Crippen molar-refractivity contribution in [3.05, 3.63) is 30.3 Å². The molecule has 1 aliphatic heterocycles. The Morgan fingerprint density at radius 2 is 2.05 bits per heavy atom. The van der Waals surface area contributed by atoms with Crippen LogP contribution in [0.25, 0.3) is 0 Å². The molecular formula is C15H19NO6. The Morgan fingerprint density at radius 3 is 2.77 bits per heavy atom. The molecule has 1 fully saturated rings. The lowest BCUT2D eigenvalue weighted by atomic mass is 10.2. The molecule has 7 nitrogen and oxygen atoms in total. The second-order valence-electron chi connectivity index (χ2n) is 4.73. The number of hydrogen-bond donors (Lipinski definition) is 1. The van der Waals surface area contributed by atoms with Gasteiger partial charge in [0.25, 0.3) is 0 Å². The minimum atomic E-state index is -1.07. The molecular weight excluding hydrogens is 290 g/mol. The summed E-state index contributed by atoms with van der Waals surface area (Å²) in [5, 5.41) is 9.06. The smallest absolute Gasteiger partial charge is 0.328 e. The summed E-state index contributed by atoms with van der Waals surface area (Å²) < 4.78 is 15.8. The van der Waals surface area contributed by atoms with Gasteiger partial charge in [-0.15, -0.1) is 0 Å². The van der Waals surface area contributed by atoms with Gasteiger partial charge in [0.1, 0.15) is 19.0 Å². The zero-order valence-electron chi connectivity index (χ0n) is 12.1. The number of aliphatic carboxylic acids is 1. The van der Waals surface area contributed by atoms with Gasteiger partial charge in [-0.2, -0.15) is 0 Å². The van der Waals surface area contributed by atoms with Crippen LogP contribution in [0.5, 0.6) is 5.75 Å². The van der Waals surface area contributed by atoms with Crippen molar-refractivity contribution in [2.45, 2.75) is 6.04 Å². The molecule has 1 atom stereocenters. The molecule has 0 radical (unpaired) electrons. The first-order valence-corrected chi connectivity index (χ1v) is 7.04. The minimum Gasteiger partial charge on any atom is -0.491 e. The van der Waals surface area contributed by atoms with Crippen LogP contribution in [0.15, 0.2) is 30.3 Å². The average Bonchev–Trinajstić information content (AvgIpc) is 2.55. The zero-order chi connectivity index (χ0) is 15.8. The largest absolute Gasteiger partial charge is 0.491 e. The number of carboxylic acids is 1. The van der Waals surface area contributed by atoms with Crippen LogP contribution in [0.3, 0.4) is 0 Å². The van der Waals surface area contributed by atoms with Crippen molar-refractivity contribution in [3.63, 3.8) is 0 Å². The SMILES string of the molecule is O=C(O)[C@H]1COCCN1C(=O)COCCOc1ccccc1. The van der Waals surface area contributed by atoms with Crippen LogP contribution < -0.4 is 4.74 Å². The summed E-state index contributed by atoms with van der Waals surface area (Å²) in [6, 6.07) is 8.34. The van der Waals surface area contributed by atoms with Crippen LogP contribution in [0.4, 0.5) is 0 Å². The molecule has 22 heavy (non-hydrogen) atoms. The van der Waals surface area contributed by atoms with E-state index < -0.39 is 12.0 Å². The van der Waals surface area contributed by atoms with E-state index in [4.69, 9.17) is 19.3 Å². The van der Waals surface area contributed by atoms with Gasteiger partial charge in [-0.1, -0.05) is 18.2 Å². The highest BCUT2D eigenvalue weighted by Gasteiger charge is 2.32. The zero-order valence-corrected chi connectivity index (χ0v) is 12.1. The molecule has 2 rings (SSSR count). The molecule has 1 heterocycles. The number of para-hydroxylation sites is 1. The Bertz CT molecular complexity index is 492. The number of morpholine rings is 1. The number of hydrogen-bond acceptors (Lipinski definition) is 5. The van der Waals surface area contributed by atoms with E-state index >= 15 is 0 Å². The van der Waals surface area contributed by atoms with Crippen molar-refractivity contribution in [2.24, 2.45) is 0 Å². The minimum absolute atomic E-state index is 0.0121. The lowest BCUT2D eigenvalue weighted by molar-refractivity contribution is -0.160. The van der Waals surface area contributed by atoms with E-state index in [1.807, 2.05) is 30.3 Å². The molecule has 1 aliphatic rings. The topological polar surface area (TPSA) is 85.3 Å². The van der Waals surface area contributed by atoms with E-state index in [2.05, 4.69) is 0 Å². The number of carbonyl (C=O) groups excluding carboxylic acids is 1. The summed E-state index contributed by atoms with van der Waals surface area (Å²) in [5.41, 5.74) is 0. The molecule has 0 saturated carbocycles. The number of nitrogens with zero attached hydrogens (tertiary/aromatic N) is 1. The lowest BCUT2D eigenvalue weighted by Crippen LogP contribution is -2.53. The first kappa shape index (κ1) is 16.3. The van der Waals surface area contributed by atoms with Gasteiger partial charge in [-0.05, 0) is 12.1 Å². The number of carboxylic acid groups (broad SMARTS) is 1. The number of rotatable bonds is 7. The summed E-state index contributed by atoms with van der Waals surface area (Å²) in [4.78, 5) is 24.3. The Kier molecular flexibility index (Phi) is 6.17. The summed E-state index contributed by atoms with van der Waals surface area (Å²) >= 11 is 0. The quantitative estimate of drug-likeness (QED) is 0.734. The number of benzene rings is 1. The molecule has 0 unspecified atom stereocenters. The Hall–Kier alpha value is -2.12. The molecule has 120 valence electrons. The van der Waals surface area contributed by atoms with Gasteiger partial charge in [0.15, 0.2) is 6.04 Å². The summed E-state index contributed by atoms with van der Waals surface area (Å²) in [5.74, 6) is -0.688. The number of amides is 1. The van der Waals surface area contributed by atoms with Gasteiger partial charge >= 0.3 is 5.97 Å². The predicted molar refractivity (Wildman–Crippen MR) is 76.7 cm³/mol. The van der Waals surface area contributed by atoms with Crippen molar-refractivity contribution in [3.8, 4) is 5.75 Å². The van der Waals surface area contributed by atoms with Crippen molar-refractivity contribution >= 4 is 11.9 Å². The molecule has 7 heteroatoms. The summed E-state index contributed by atoms with van der Waals surface area (Å²) in [6.07, 6.45) is 0. The van der Waals surface area contributed by atoms with Crippen LogP contribution in [0, 0.1) is 0 Å². The molecule has 1 aromatic rings. The van der Waals surface area contributed by atoms with Crippen molar-refractivity contribution in [2.75, 3.05) is 39.6 Å². The highest BCUT2D eigenvalue weighted by Crippen LogP contribution is 2.09. The fourth-order valence-corrected chi connectivity index (χ4v) is 2.08. The molecule has 1 aromatic carbocycles. The van der Waals surface area contributed by atoms with Crippen LogP contribution in [-0.2, 0) is 19.1 Å². The maximum absolute atomic E-state index is 12.0. The summed E-state index contributed by atoms with van der Waals surface area (Å²) in [6.45, 7) is 1.03. The van der Waals surface area contributed by atoms with Gasteiger partial charge in [0.2, 0.25) is 5.91 Å². The molecule has 0 aromatic heterocycles. The van der Waals surface area contributed by atoms with E-state index in [-0.39, 0.29) is 32.3 Å². The van der Waals surface area contributed by atoms with Gasteiger partial charge in [0.05, 0.1) is 19.8 Å². The van der Waals surface area contributed by atoms with Gasteiger partial charge < -0.3 is 24.2 Å². The van der Waals surface area contributed by atoms with Gasteiger partial charge in [0, 0.05) is 6.54 Å². The standard InChI is InChI=1S/C15H19NO6/c17-14(16-6-7-20-10-13(16)15(18)19)11-21-8-9-22-12-4-2-1-3-5-12/h1-5,13H,6-11H2,(H,18,19)/t13-/m1/s1. The van der Waals surface area contributed by atoms with Crippen LogP contribution in [0.2, 0.25) is 0 Å². The monoisotopic (exact) mass is 309 g/mol. The Labute approximate surface area is 128 Å². The van der Waals surface area contributed by atoms with E-state index in [0.29, 0.717) is 13.2 Å².